The van der Waals surface area contributed by atoms with Crippen molar-refractivity contribution in [1.82, 2.24) is 19.0 Å². The van der Waals surface area contributed by atoms with Gasteiger partial charge in [-0.1, -0.05) is 0 Å². The number of aromatic nitrogens is 3. The summed E-state index contributed by atoms with van der Waals surface area (Å²) >= 11 is 0. The molecule has 2 unspecified atom stereocenters. The molecule has 3 aliphatic rings. The number of benzene rings is 1. The van der Waals surface area contributed by atoms with Crippen molar-refractivity contribution in [2.24, 2.45) is 5.92 Å². The number of carbonyl (C=O) groups is 1. The van der Waals surface area contributed by atoms with Gasteiger partial charge in [-0.3, -0.25) is 9.59 Å². The van der Waals surface area contributed by atoms with Gasteiger partial charge in [-0.25, -0.2) is 4.98 Å². The fourth-order valence-electron chi connectivity index (χ4n) is 6.01. The van der Waals surface area contributed by atoms with E-state index in [-0.39, 0.29) is 28.8 Å². The van der Waals surface area contributed by atoms with Crippen LogP contribution in [0.4, 0.5) is 13.2 Å². The second kappa shape index (κ2) is 7.62. The Labute approximate surface area is 210 Å². The summed E-state index contributed by atoms with van der Waals surface area (Å²) in [7, 11) is 0. The molecule has 8 nitrogen and oxygen atoms in total. The Balaban J connectivity index is 1.33. The molecule has 11 heteroatoms. The maximum atomic E-state index is 13.5. The molecule has 2 atom stereocenters. The van der Waals surface area contributed by atoms with Crippen LogP contribution in [0, 0.1) is 12.8 Å². The standard InChI is InChI=1S/C26H25F3N4O4/c1-15-12-32(14-30-15)18-5-6-19-22(34)31(8-9-33(19)23(18)35)13-25-11-21(25)24(2,3)37-20-7-4-16(10-17(20)25)36-26(27,28)29/h4-7,10,12,14,21H,8-9,11,13H2,1-3H3. The van der Waals surface area contributed by atoms with E-state index in [4.69, 9.17) is 4.74 Å². The van der Waals surface area contributed by atoms with Crippen molar-refractivity contribution in [2.75, 3.05) is 13.1 Å². The van der Waals surface area contributed by atoms with Crippen molar-refractivity contribution < 1.29 is 27.4 Å². The quantitative estimate of drug-likeness (QED) is 0.529. The van der Waals surface area contributed by atoms with Crippen LogP contribution in [-0.2, 0) is 12.0 Å². The number of imidazole rings is 1. The van der Waals surface area contributed by atoms with E-state index in [0.29, 0.717) is 43.1 Å². The topological polar surface area (TPSA) is 78.6 Å². The lowest BCUT2D eigenvalue weighted by molar-refractivity contribution is -0.274. The van der Waals surface area contributed by atoms with Crippen LogP contribution >= 0.6 is 0 Å². The lowest BCUT2D eigenvalue weighted by atomic mass is 9.83. The zero-order valence-electron chi connectivity index (χ0n) is 20.5. The monoisotopic (exact) mass is 514 g/mol. The molecule has 2 aliphatic heterocycles. The minimum atomic E-state index is -4.81. The summed E-state index contributed by atoms with van der Waals surface area (Å²) in [5, 5.41) is 0. The Kier molecular flexibility index (Phi) is 4.87. The van der Waals surface area contributed by atoms with Crippen molar-refractivity contribution in [2.45, 2.75) is 51.1 Å². The molecule has 1 amide bonds. The Morgan fingerprint density at radius 3 is 2.65 bits per heavy atom. The number of amides is 1. The van der Waals surface area contributed by atoms with E-state index in [1.165, 1.54) is 22.8 Å². The summed E-state index contributed by atoms with van der Waals surface area (Å²) in [6, 6.07) is 7.38. The van der Waals surface area contributed by atoms with Crippen molar-refractivity contribution in [3.63, 3.8) is 0 Å². The van der Waals surface area contributed by atoms with E-state index in [9.17, 15) is 22.8 Å². The van der Waals surface area contributed by atoms with E-state index in [1.54, 1.807) is 34.1 Å². The summed E-state index contributed by atoms with van der Waals surface area (Å²) in [6.07, 6.45) is -0.844. The smallest absolute Gasteiger partial charge is 0.487 e. The molecule has 4 heterocycles. The first-order valence-electron chi connectivity index (χ1n) is 12.0. The van der Waals surface area contributed by atoms with E-state index in [2.05, 4.69) is 9.72 Å². The summed E-state index contributed by atoms with van der Waals surface area (Å²) in [4.78, 5) is 32.5. The van der Waals surface area contributed by atoms with Crippen molar-refractivity contribution in [3.05, 3.63) is 70.2 Å². The van der Waals surface area contributed by atoms with Gasteiger partial charge in [0.15, 0.2) is 0 Å². The maximum Gasteiger partial charge on any atom is 0.573 e. The number of hydrogen-bond donors (Lipinski definition) is 0. The number of pyridine rings is 1. The summed E-state index contributed by atoms with van der Waals surface area (Å²) in [5.74, 6) is -0.0963. The number of aryl methyl sites for hydroxylation is 1. The average Bonchev–Trinajstić information content (AvgIpc) is 3.42. The molecule has 1 aromatic carbocycles. The van der Waals surface area contributed by atoms with Gasteiger partial charge >= 0.3 is 6.36 Å². The number of alkyl halides is 3. The minimum Gasteiger partial charge on any atom is -0.487 e. The van der Waals surface area contributed by atoms with Crippen LogP contribution in [0.1, 0.15) is 42.0 Å². The molecular formula is C26H25F3N4O4. The van der Waals surface area contributed by atoms with Gasteiger partial charge in [-0.15, -0.1) is 13.2 Å². The number of fused-ring (bicyclic) bond motifs is 4. The molecule has 0 radical (unpaired) electrons. The fraction of sp³-hybridized carbons (Fsp3) is 0.423. The van der Waals surface area contributed by atoms with E-state index in [1.807, 2.05) is 20.8 Å². The number of hydrogen-bond acceptors (Lipinski definition) is 5. The first kappa shape index (κ1) is 23.6. The molecule has 1 saturated carbocycles. The summed E-state index contributed by atoms with van der Waals surface area (Å²) in [5.41, 5.74) is 0.678. The highest BCUT2D eigenvalue weighted by Gasteiger charge is 2.67. The van der Waals surface area contributed by atoms with Crippen LogP contribution in [0.25, 0.3) is 5.69 Å². The molecular weight excluding hydrogens is 489 g/mol. The fourth-order valence-corrected chi connectivity index (χ4v) is 6.01. The highest BCUT2D eigenvalue weighted by Crippen LogP contribution is 2.65. The van der Waals surface area contributed by atoms with Crippen LogP contribution in [0.2, 0.25) is 0 Å². The molecule has 1 fully saturated rings. The number of nitrogens with zero attached hydrogens (tertiary/aromatic N) is 4. The zero-order chi connectivity index (χ0) is 26.3. The van der Waals surface area contributed by atoms with Gasteiger partial charge in [-0.05, 0) is 57.5 Å². The largest absolute Gasteiger partial charge is 0.573 e. The normalized spacial score (nSPS) is 23.6. The van der Waals surface area contributed by atoms with Crippen LogP contribution in [0.3, 0.4) is 0 Å². The number of halogens is 3. The van der Waals surface area contributed by atoms with Gasteiger partial charge in [0.2, 0.25) is 0 Å². The third kappa shape index (κ3) is 3.79. The molecule has 0 bridgehead atoms. The van der Waals surface area contributed by atoms with Gasteiger partial charge in [0.1, 0.15) is 28.5 Å². The van der Waals surface area contributed by atoms with Crippen LogP contribution in [0.5, 0.6) is 11.5 Å². The van der Waals surface area contributed by atoms with Crippen LogP contribution < -0.4 is 15.0 Å². The van der Waals surface area contributed by atoms with Crippen LogP contribution in [-0.4, -0.2) is 50.0 Å². The molecule has 0 N–H and O–H groups in total. The molecule has 2 aromatic heterocycles. The summed E-state index contributed by atoms with van der Waals surface area (Å²) in [6.45, 7) is 6.66. The van der Waals surface area contributed by atoms with Gasteiger partial charge in [-0.2, -0.15) is 0 Å². The Hall–Kier alpha value is -3.76. The SMILES string of the molecule is Cc1cn(-c2ccc3n(c2=O)CCN(CC24CC2C(C)(C)Oc2ccc(OC(F)(F)F)cc24)C3=O)cn1. The summed E-state index contributed by atoms with van der Waals surface area (Å²) < 4.78 is 52.1. The molecule has 37 heavy (non-hydrogen) atoms. The van der Waals surface area contributed by atoms with Crippen molar-refractivity contribution in [1.29, 1.82) is 0 Å². The van der Waals surface area contributed by atoms with E-state index in [0.717, 1.165) is 5.69 Å². The molecule has 6 rings (SSSR count). The first-order valence-corrected chi connectivity index (χ1v) is 12.0. The second-order valence-electron chi connectivity index (χ2n) is 10.5. The van der Waals surface area contributed by atoms with E-state index < -0.39 is 17.4 Å². The molecule has 3 aromatic rings. The lowest BCUT2D eigenvalue weighted by Gasteiger charge is -2.40. The Bertz CT molecular complexity index is 1490. The molecule has 1 aliphatic carbocycles. The van der Waals surface area contributed by atoms with Gasteiger partial charge in [0.25, 0.3) is 11.5 Å². The average molecular weight is 515 g/mol. The van der Waals surface area contributed by atoms with Crippen molar-refractivity contribution >= 4 is 5.91 Å². The van der Waals surface area contributed by atoms with Crippen LogP contribution in [0.15, 0.2) is 47.7 Å². The number of carbonyl (C=O) groups excluding carboxylic acids is 1. The highest BCUT2D eigenvalue weighted by atomic mass is 19.4. The lowest BCUT2D eigenvalue weighted by Crippen LogP contribution is -2.50. The zero-order valence-corrected chi connectivity index (χ0v) is 20.5. The van der Waals surface area contributed by atoms with Gasteiger partial charge in [0, 0.05) is 42.7 Å². The molecule has 0 spiro atoms. The predicted octanol–water partition coefficient (Wildman–Crippen LogP) is 3.83. The Morgan fingerprint density at radius 1 is 1.16 bits per heavy atom. The Morgan fingerprint density at radius 2 is 1.95 bits per heavy atom. The predicted molar refractivity (Wildman–Crippen MR) is 126 cm³/mol. The first-order chi connectivity index (χ1) is 17.4. The van der Waals surface area contributed by atoms with E-state index >= 15 is 0 Å². The number of rotatable bonds is 4. The minimum absolute atomic E-state index is 0.0115. The second-order valence-corrected chi connectivity index (χ2v) is 10.5. The van der Waals surface area contributed by atoms with Gasteiger partial charge < -0.3 is 23.5 Å². The van der Waals surface area contributed by atoms with Crippen molar-refractivity contribution in [3.8, 4) is 17.2 Å². The maximum absolute atomic E-state index is 13.5. The molecule has 0 saturated heterocycles. The highest BCUT2D eigenvalue weighted by molar-refractivity contribution is 5.93. The third-order valence-corrected chi connectivity index (χ3v) is 7.73. The third-order valence-electron chi connectivity index (χ3n) is 7.73. The molecule has 194 valence electrons. The number of ether oxygens (including phenoxy) is 2. The van der Waals surface area contributed by atoms with Gasteiger partial charge in [0.05, 0.1) is 12.0 Å².